The van der Waals surface area contributed by atoms with Gasteiger partial charge < -0.3 is 0 Å². The molecule has 1 aliphatic carbocycles. The van der Waals surface area contributed by atoms with Crippen molar-refractivity contribution in [1.82, 2.24) is 14.6 Å². The van der Waals surface area contributed by atoms with Crippen molar-refractivity contribution in [3.63, 3.8) is 0 Å². The molecule has 5 nitrogen and oxygen atoms in total. The number of carbonyl (C=O) groups is 1. The van der Waals surface area contributed by atoms with Gasteiger partial charge in [-0.3, -0.25) is 9.78 Å². The number of carbonyl (C=O) groups excluding carboxylic acids is 1. The van der Waals surface area contributed by atoms with Crippen molar-refractivity contribution in [1.29, 1.82) is 0 Å². The zero-order chi connectivity index (χ0) is 14.1. The Morgan fingerprint density at radius 2 is 2.30 bits per heavy atom. The van der Waals surface area contributed by atoms with Crippen LogP contribution >= 0.6 is 0 Å². The van der Waals surface area contributed by atoms with E-state index in [0.29, 0.717) is 5.92 Å². The van der Waals surface area contributed by atoms with E-state index < -0.39 is 0 Å². The van der Waals surface area contributed by atoms with Crippen molar-refractivity contribution in [2.45, 2.75) is 26.7 Å². The Balaban J connectivity index is 1.92. The molecule has 1 aliphatic rings. The zero-order valence-electron chi connectivity index (χ0n) is 11.8. The number of pyridine rings is 1. The summed E-state index contributed by atoms with van der Waals surface area (Å²) in [6.45, 7) is 4.30. The van der Waals surface area contributed by atoms with Crippen LogP contribution < -0.4 is 5.01 Å². The van der Waals surface area contributed by atoms with Crippen molar-refractivity contribution in [3.05, 3.63) is 36.5 Å². The number of hydrogen-bond acceptors (Lipinski definition) is 3. The molecule has 1 amide bonds. The van der Waals surface area contributed by atoms with Gasteiger partial charge in [0.25, 0.3) is 0 Å². The van der Waals surface area contributed by atoms with E-state index >= 15 is 0 Å². The Morgan fingerprint density at radius 1 is 1.50 bits per heavy atom. The largest absolute Gasteiger partial charge is 0.273 e. The first-order valence-electron chi connectivity index (χ1n) is 6.90. The Bertz CT molecular complexity index is 616. The van der Waals surface area contributed by atoms with E-state index in [4.69, 9.17) is 0 Å². The number of aryl methyl sites for hydroxylation is 1. The van der Waals surface area contributed by atoms with Gasteiger partial charge in [0.2, 0.25) is 5.91 Å². The number of amides is 1. The standard InChI is InChI=1S/C15H18N4O/c1-11-17-15(14-4-3-7-16-8-14)10-18(11)19(12(2)20)9-13-5-6-13/h3-4,7-8,10,13H,5-6,9H2,1-2H3. The first-order valence-corrected chi connectivity index (χ1v) is 6.90. The highest BCUT2D eigenvalue weighted by atomic mass is 16.2. The van der Waals surface area contributed by atoms with E-state index in [1.54, 1.807) is 24.3 Å². The van der Waals surface area contributed by atoms with E-state index in [1.165, 1.54) is 12.8 Å². The van der Waals surface area contributed by atoms with Crippen molar-refractivity contribution >= 4 is 5.91 Å². The molecule has 0 aromatic carbocycles. The van der Waals surface area contributed by atoms with Crippen molar-refractivity contribution in [3.8, 4) is 11.3 Å². The molecule has 20 heavy (non-hydrogen) atoms. The lowest BCUT2D eigenvalue weighted by Gasteiger charge is -2.22. The molecule has 0 atom stereocenters. The molecule has 2 heterocycles. The summed E-state index contributed by atoms with van der Waals surface area (Å²) in [6, 6.07) is 3.86. The summed E-state index contributed by atoms with van der Waals surface area (Å²) in [5.41, 5.74) is 1.81. The minimum absolute atomic E-state index is 0.0511. The Hall–Kier alpha value is -2.17. The molecule has 2 aromatic heterocycles. The van der Waals surface area contributed by atoms with Gasteiger partial charge in [0.1, 0.15) is 5.82 Å². The summed E-state index contributed by atoms with van der Waals surface area (Å²) in [6.07, 6.45) is 7.86. The first kappa shape index (κ1) is 12.8. The van der Waals surface area contributed by atoms with E-state index in [2.05, 4.69) is 9.97 Å². The second kappa shape index (κ2) is 5.07. The van der Waals surface area contributed by atoms with Crippen LogP contribution in [-0.2, 0) is 4.79 Å². The first-order chi connectivity index (χ1) is 9.65. The third-order valence-electron chi connectivity index (χ3n) is 3.57. The summed E-state index contributed by atoms with van der Waals surface area (Å²) >= 11 is 0. The highest BCUT2D eigenvalue weighted by Gasteiger charge is 2.27. The molecule has 5 heteroatoms. The summed E-state index contributed by atoms with van der Waals surface area (Å²) in [7, 11) is 0. The summed E-state index contributed by atoms with van der Waals surface area (Å²) in [4.78, 5) is 20.5. The SMILES string of the molecule is CC(=O)N(CC1CC1)n1cc(-c2cccnc2)nc1C. The molecule has 0 bridgehead atoms. The molecule has 0 spiro atoms. The van der Waals surface area contributed by atoms with Gasteiger partial charge in [0, 0.05) is 31.4 Å². The fourth-order valence-electron chi connectivity index (χ4n) is 2.27. The van der Waals surface area contributed by atoms with Crippen LogP contribution in [0.5, 0.6) is 0 Å². The molecule has 0 saturated heterocycles. The predicted octanol–water partition coefficient (Wildman–Crippen LogP) is 2.15. The molecule has 2 aromatic rings. The van der Waals surface area contributed by atoms with Gasteiger partial charge in [-0.15, -0.1) is 0 Å². The van der Waals surface area contributed by atoms with Crippen LogP contribution in [0, 0.1) is 12.8 Å². The number of imidazole rings is 1. The maximum Gasteiger partial charge on any atom is 0.238 e. The van der Waals surface area contributed by atoms with Crippen LogP contribution in [0.4, 0.5) is 0 Å². The highest BCUT2D eigenvalue weighted by molar-refractivity contribution is 5.83. The normalized spacial score (nSPS) is 14.3. The van der Waals surface area contributed by atoms with Crippen LogP contribution in [0.15, 0.2) is 30.7 Å². The monoisotopic (exact) mass is 270 g/mol. The van der Waals surface area contributed by atoms with Crippen LogP contribution in [0.2, 0.25) is 0 Å². The second-order valence-corrected chi connectivity index (χ2v) is 5.30. The van der Waals surface area contributed by atoms with Crippen LogP contribution in [0.25, 0.3) is 11.3 Å². The smallest absolute Gasteiger partial charge is 0.238 e. The Morgan fingerprint density at radius 3 is 2.90 bits per heavy atom. The van der Waals surface area contributed by atoms with Crippen LogP contribution in [0.3, 0.4) is 0 Å². The van der Waals surface area contributed by atoms with Gasteiger partial charge in [-0.1, -0.05) is 0 Å². The van der Waals surface area contributed by atoms with E-state index in [1.807, 2.05) is 29.9 Å². The fourth-order valence-corrected chi connectivity index (χ4v) is 2.27. The molecule has 0 aliphatic heterocycles. The maximum absolute atomic E-state index is 11.9. The van der Waals surface area contributed by atoms with E-state index in [-0.39, 0.29) is 5.91 Å². The zero-order valence-corrected chi connectivity index (χ0v) is 11.8. The van der Waals surface area contributed by atoms with Gasteiger partial charge >= 0.3 is 0 Å². The third kappa shape index (κ3) is 2.57. The molecule has 1 fully saturated rings. The maximum atomic E-state index is 11.9. The number of aromatic nitrogens is 3. The van der Waals surface area contributed by atoms with E-state index in [0.717, 1.165) is 23.6 Å². The average Bonchev–Trinajstić information content (AvgIpc) is 3.19. The highest BCUT2D eigenvalue weighted by Crippen LogP contribution is 2.30. The van der Waals surface area contributed by atoms with Crippen molar-refractivity contribution in [2.24, 2.45) is 5.92 Å². The lowest BCUT2D eigenvalue weighted by molar-refractivity contribution is -0.118. The number of hydrogen-bond donors (Lipinski definition) is 0. The van der Waals surface area contributed by atoms with E-state index in [9.17, 15) is 4.79 Å². The molecule has 0 N–H and O–H groups in total. The molecule has 3 rings (SSSR count). The molecule has 104 valence electrons. The molecular formula is C15H18N4O. The minimum Gasteiger partial charge on any atom is -0.273 e. The van der Waals surface area contributed by atoms with Gasteiger partial charge in [-0.25, -0.2) is 14.7 Å². The molecule has 0 unspecified atom stereocenters. The minimum atomic E-state index is 0.0511. The molecule has 0 radical (unpaired) electrons. The topological polar surface area (TPSA) is 51.0 Å². The predicted molar refractivity (Wildman–Crippen MR) is 76.7 cm³/mol. The molecular weight excluding hydrogens is 252 g/mol. The van der Waals surface area contributed by atoms with Gasteiger partial charge in [0.15, 0.2) is 0 Å². The summed E-state index contributed by atoms with van der Waals surface area (Å²) in [5, 5.41) is 1.78. The van der Waals surface area contributed by atoms with Gasteiger partial charge in [-0.05, 0) is 37.8 Å². The van der Waals surface area contributed by atoms with Gasteiger partial charge in [-0.2, -0.15) is 0 Å². The summed E-state index contributed by atoms with van der Waals surface area (Å²) in [5.74, 6) is 1.51. The third-order valence-corrected chi connectivity index (χ3v) is 3.57. The quantitative estimate of drug-likeness (QED) is 0.855. The summed E-state index contributed by atoms with van der Waals surface area (Å²) < 4.78 is 1.86. The lowest BCUT2D eigenvalue weighted by atomic mass is 10.2. The van der Waals surface area contributed by atoms with Crippen molar-refractivity contribution in [2.75, 3.05) is 11.6 Å². The molecule has 1 saturated carbocycles. The van der Waals surface area contributed by atoms with Crippen LogP contribution in [0.1, 0.15) is 25.6 Å². The Labute approximate surface area is 118 Å². The van der Waals surface area contributed by atoms with Crippen molar-refractivity contribution < 1.29 is 4.79 Å². The second-order valence-electron chi connectivity index (χ2n) is 5.30. The van der Waals surface area contributed by atoms with Gasteiger partial charge in [0.05, 0.1) is 11.9 Å². The number of rotatable bonds is 4. The van der Waals surface area contributed by atoms with Crippen LogP contribution in [-0.4, -0.2) is 27.1 Å². The lowest BCUT2D eigenvalue weighted by Crippen LogP contribution is -2.40. The average molecular weight is 270 g/mol. The number of nitrogens with zero attached hydrogens (tertiary/aromatic N) is 4. The Kier molecular flexibility index (Phi) is 3.26. The fraction of sp³-hybridized carbons (Fsp3) is 0.400.